The average Bonchev–Trinajstić information content (AvgIpc) is 3.22. The van der Waals surface area contributed by atoms with Crippen molar-refractivity contribution in [1.29, 1.82) is 0 Å². The van der Waals surface area contributed by atoms with Crippen LogP contribution in [0.15, 0.2) is 23.5 Å². The number of aromatic nitrogens is 5. The van der Waals surface area contributed by atoms with Crippen LogP contribution in [0, 0.1) is 0 Å². The molecule has 0 aliphatic carbocycles. The highest BCUT2D eigenvalue weighted by Gasteiger charge is 2.43. The van der Waals surface area contributed by atoms with Gasteiger partial charge >= 0.3 is 18.3 Å². The summed E-state index contributed by atoms with van der Waals surface area (Å²) in [6, 6.07) is 0.739. The third-order valence-electron chi connectivity index (χ3n) is 3.76. The van der Waals surface area contributed by atoms with Crippen molar-refractivity contribution in [2.75, 3.05) is 17.7 Å². The lowest BCUT2D eigenvalue weighted by Crippen LogP contribution is -2.38. The molecule has 156 valence electrons. The van der Waals surface area contributed by atoms with Crippen LogP contribution in [0.3, 0.4) is 0 Å². The summed E-state index contributed by atoms with van der Waals surface area (Å²) in [5.41, 5.74) is -0.994. The number of hydrogen-bond acceptors (Lipinski definition) is 5. The molecular formula is C15H12F6N6OS. The van der Waals surface area contributed by atoms with Gasteiger partial charge in [-0.3, -0.25) is 19.2 Å². The Bertz CT molecular complexity index is 1060. The van der Waals surface area contributed by atoms with Crippen molar-refractivity contribution in [2.45, 2.75) is 24.2 Å². The smallest absolute Gasteiger partial charge is 0.291 e. The summed E-state index contributed by atoms with van der Waals surface area (Å²) in [4.78, 5) is 19.5. The molecule has 0 radical (unpaired) electrons. The number of anilines is 1. The number of imidazole rings is 1. The molecule has 0 saturated heterocycles. The zero-order chi connectivity index (χ0) is 21.6. The van der Waals surface area contributed by atoms with Gasteiger partial charge in [-0.15, -0.1) is 11.8 Å². The van der Waals surface area contributed by atoms with Crippen LogP contribution in [0.4, 0.5) is 32.2 Å². The molecule has 0 fully saturated rings. The molecule has 0 aliphatic heterocycles. The minimum atomic E-state index is -5.09. The Labute approximate surface area is 163 Å². The highest BCUT2D eigenvalue weighted by molar-refractivity contribution is 7.99. The maximum Gasteiger partial charge on any atom is 0.471 e. The molecule has 3 aromatic rings. The van der Waals surface area contributed by atoms with Crippen LogP contribution in [0.1, 0.15) is 12.6 Å². The topological polar surface area (TPSA) is 79.2 Å². The zero-order valence-electron chi connectivity index (χ0n) is 14.8. The minimum Gasteiger partial charge on any atom is -0.291 e. The summed E-state index contributed by atoms with van der Waals surface area (Å²) in [5.74, 6) is -1.86. The molecule has 0 bridgehead atoms. The molecule has 3 heterocycles. The fourth-order valence-corrected chi connectivity index (χ4v) is 3.35. The molecule has 7 nitrogen and oxygen atoms in total. The monoisotopic (exact) mass is 438 g/mol. The molecule has 1 N–H and O–H groups in total. The van der Waals surface area contributed by atoms with E-state index in [1.807, 2.05) is 0 Å². The highest BCUT2D eigenvalue weighted by Crippen LogP contribution is 2.38. The number of nitrogens with zero attached hydrogens (tertiary/aromatic N) is 5. The fourth-order valence-electron chi connectivity index (χ4n) is 2.46. The number of fused-ring (bicyclic) bond motifs is 1. The molecule has 1 amide bonds. The van der Waals surface area contributed by atoms with Gasteiger partial charge in [0, 0.05) is 19.3 Å². The van der Waals surface area contributed by atoms with E-state index in [2.05, 4.69) is 20.2 Å². The van der Waals surface area contributed by atoms with E-state index in [1.54, 1.807) is 6.92 Å². The largest absolute Gasteiger partial charge is 0.471 e. The van der Waals surface area contributed by atoms with E-state index in [0.29, 0.717) is 10.7 Å². The van der Waals surface area contributed by atoms with Crippen molar-refractivity contribution < 1.29 is 31.1 Å². The number of aromatic amines is 1. The van der Waals surface area contributed by atoms with Crippen molar-refractivity contribution in [1.82, 2.24) is 24.6 Å². The molecule has 0 atom stereocenters. The van der Waals surface area contributed by atoms with E-state index in [9.17, 15) is 31.1 Å². The molecule has 0 unspecified atom stereocenters. The number of amides is 1. The predicted molar refractivity (Wildman–Crippen MR) is 91.4 cm³/mol. The molecule has 0 spiro atoms. The van der Waals surface area contributed by atoms with E-state index in [4.69, 9.17) is 0 Å². The second-order valence-corrected chi connectivity index (χ2v) is 6.98. The van der Waals surface area contributed by atoms with Gasteiger partial charge in [-0.05, 0) is 5.75 Å². The fraction of sp³-hybridized carbons (Fsp3) is 0.333. The first kappa shape index (κ1) is 21.0. The summed E-state index contributed by atoms with van der Waals surface area (Å²) < 4.78 is 78.0. The first-order chi connectivity index (χ1) is 13.4. The van der Waals surface area contributed by atoms with Gasteiger partial charge in [-0.2, -0.15) is 31.4 Å². The number of alkyl halides is 6. The summed E-state index contributed by atoms with van der Waals surface area (Å²) in [7, 11) is 0.941. The van der Waals surface area contributed by atoms with E-state index < -0.39 is 24.0 Å². The van der Waals surface area contributed by atoms with E-state index in [0.717, 1.165) is 31.2 Å². The van der Waals surface area contributed by atoms with Crippen LogP contribution in [0.5, 0.6) is 0 Å². The number of thioether (sulfide) groups is 1. The number of hydrogen-bond donors (Lipinski definition) is 1. The quantitative estimate of drug-likeness (QED) is 0.496. The number of nitrogens with one attached hydrogen (secondary N) is 1. The second-order valence-electron chi connectivity index (χ2n) is 5.71. The van der Waals surface area contributed by atoms with E-state index in [1.165, 1.54) is 10.6 Å². The first-order valence-corrected chi connectivity index (χ1v) is 8.90. The van der Waals surface area contributed by atoms with Gasteiger partial charge in [0.1, 0.15) is 34.9 Å². The number of H-pyrrole nitrogens is 1. The van der Waals surface area contributed by atoms with Crippen LogP contribution in [0.2, 0.25) is 0 Å². The van der Waals surface area contributed by atoms with Crippen LogP contribution in [-0.2, 0) is 11.0 Å². The molecule has 0 saturated carbocycles. The Morgan fingerprint density at radius 2 is 1.97 bits per heavy atom. The van der Waals surface area contributed by atoms with Crippen molar-refractivity contribution >= 4 is 29.1 Å². The maximum atomic E-state index is 12.8. The average molecular weight is 438 g/mol. The molecule has 0 aromatic carbocycles. The normalized spacial score (nSPS) is 12.6. The number of rotatable bonds is 4. The third kappa shape index (κ3) is 4.02. The highest BCUT2D eigenvalue weighted by atomic mass is 32.2. The molecule has 3 aromatic heterocycles. The van der Waals surface area contributed by atoms with Gasteiger partial charge in [0.25, 0.3) is 0 Å². The van der Waals surface area contributed by atoms with Crippen molar-refractivity contribution in [3.05, 3.63) is 24.3 Å². The lowest BCUT2D eigenvalue weighted by atomic mass is 10.3. The van der Waals surface area contributed by atoms with Gasteiger partial charge < -0.3 is 0 Å². The first-order valence-electron chi connectivity index (χ1n) is 7.91. The molecule has 29 heavy (non-hydrogen) atoms. The van der Waals surface area contributed by atoms with Crippen LogP contribution >= 0.6 is 11.8 Å². The Morgan fingerprint density at radius 3 is 2.55 bits per heavy atom. The van der Waals surface area contributed by atoms with Gasteiger partial charge in [0.2, 0.25) is 0 Å². The lowest BCUT2D eigenvalue weighted by molar-refractivity contribution is -0.170. The number of halogens is 6. The SMILES string of the molecule is CCSc1c(-c2cn3cnc(C(F)(F)F)cc3n2)n[nH]c1N(C)C(=O)C(F)(F)F. The molecule has 3 rings (SSSR count). The second kappa shape index (κ2) is 7.24. The Kier molecular flexibility index (Phi) is 5.23. The Balaban J connectivity index is 2.07. The van der Waals surface area contributed by atoms with Crippen molar-refractivity contribution in [3.8, 4) is 11.4 Å². The summed E-state index contributed by atoms with van der Waals surface area (Å²) in [6.45, 7) is 1.74. The van der Waals surface area contributed by atoms with Crippen LogP contribution in [-0.4, -0.2) is 49.5 Å². The van der Waals surface area contributed by atoms with Gasteiger partial charge in [-0.1, -0.05) is 6.92 Å². The van der Waals surface area contributed by atoms with Crippen LogP contribution in [0.25, 0.3) is 17.0 Å². The van der Waals surface area contributed by atoms with Crippen molar-refractivity contribution in [3.63, 3.8) is 0 Å². The van der Waals surface area contributed by atoms with Crippen LogP contribution < -0.4 is 4.90 Å². The number of carbonyl (C=O) groups is 1. The number of carbonyl (C=O) groups excluding carboxylic acids is 1. The molecular weight excluding hydrogens is 426 g/mol. The summed E-state index contributed by atoms with van der Waals surface area (Å²) >= 11 is 1.10. The third-order valence-corrected chi connectivity index (χ3v) is 4.72. The lowest BCUT2D eigenvalue weighted by Gasteiger charge is -2.18. The Hall–Kier alpha value is -2.77. The maximum absolute atomic E-state index is 12.8. The summed E-state index contributed by atoms with van der Waals surface area (Å²) in [5, 5.41) is 6.31. The van der Waals surface area contributed by atoms with E-state index >= 15 is 0 Å². The molecule has 0 aliphatic rings. The van der Waals surface area contributed by atoms with Gasteiger partial charge in [-0.25, -0.2) is 9.97 Å². The minimum absolute atomic E-state index is 0.0703. The standard InChI is InChI=1S/C15H12F6N6OS/c1-3-29-11-10(24-25-12(11)26(2)13(28)15(19,20)21)7-5-27-6-22-8(14(16,17)18)4-9(27)23-7/h4-6H,3H2,1-2H3,(H,24,25). The molecule has 14 heteroatoms. The Morgan fingerprint density at radius 1 is 1.28 bits per heavy atom. The van der Waals surface area contributed by atoms with Gasteiger partial charge in [0.15, 0.2) is 0 Å². The van der Waals surface area contributed by atoms with E-state index in [-0.39, 0.29) is 27.7 Å². The predicted octanol–water partition coefficient (Wildman–Crippen LogP) is 3.78. The zero-order valence-corrected chi connectivity index (χ0v) is 15.6. The van der Waals surface area contributed by atoms with Gasteiger partial charge in [0.05, 0.1) is 4.90 Å². The summed E-state index contributed by atoms with van der Waals surface area (Å²) in [6.07, 6.45) is -7.48. The van der Waals surface area contributed by atoms with Crippen molar-refractivity contribution in [2.24, 2.45) is 0 Å².